The number of halogens is 1. The molecular weight excluding hydrogens is 382 g/mol. The van der Waals surface area contributed by atoms with Gasteiger partial charge in [0.2, 0.25) is 0 Å². The number of nitrogens with one attached hydrogen (secondary N) is 2. The third-order valence-corrected chi connectivity index (χ3v) is 4.38. The molecule has 8 heteroatoms. The van der Waals surface area contributed by atoms with Crippen LogP contribution in [0.2, 0.25) is 5.02 Å². The molecule has 1 heterocycles. The number of nitrogens with zero attached hydrogens (tertiary/aromatic N) is 1. The first kappa shape index (κ1) is 19.4. The fourth-order valence-corrected chi connectivity index (χ4v) is 2.81. The monoisotopic (exact) mass is 399 g/mol. The summed E-state index contributed by atoms with van der Waals surface area (Å²) in [5.74, 6) is 0.0463. The van der Waals surface area contributed by atoms with E-state index in [-0.39, 0.29) is 12.1 Å². The number of H-pyrrole nitrogens is 1. The van der Waals surface area contributed by atoms with Gasteiger partial charge in [0, 0.05) is 16.9 Å². The summed E-state index contributed by atoms with van der Waals surface area (Å²) < 4.78 is 6.29. The lowest BCUT2D eigenvalue weighted by atomic mass is 10.2. The van der Waals surface area contributed by atoms with Crippen LogP contribution in [0.25, 0.3) is 0 Å². The lowest BCUT2D eigenvalue weighted by molar-refractivity contribution is 0.102. The van der Waals surface area contributed by atoms with Crippen LogP contribution in [0, 0.1) is 0 Å². The molecule has 3 aromatic rings. The number of aromatic amines is 1. The molecule has 1 amide bonds. The van der Waals surface area contributed by atoms with E-state index in [2.05, 4.69) is 10.3 Å². The molecule has 0 saturated carbocycles. The van der Waals surface area contributed by atoms with Crippen LogP contribution >= 0.6 is 11.6 Å². The van der Waals surface area contributed by atoms with Crippen molar-refractivity contribution in [1.82, 2.24) is 9.55 Å². The summed E-state index contributed by atoms with van der Waals surface area (Å²) in [5.41, 5.74) is -0.410. The number of hydrogen-bond donors (Lipinski definition) is 2. The molecule has 0 spiro atoms. The number of ether oxygens (including phenoxy) is 1. The molecule has 0 fully saturated rings. The Morgan fingerprint density at radius 3 is 2.54 bits per heavy atom. The first-order valence-corrected chi connectivity index (χ1v) is 8.97. The Balaban J connectivity index is 1.86. The largest absolute Gasteiger partial charge is 0.494 e. The third-order valence-electron chi connectivity index (χ3n) is 4.01. The number of anilines is 1. The smallest absolute Gasteiger partial charge is 0.328 e. The van der Waals surface area contributed by atoms with Crippen molar-refractivity contribution >= 4 is 23.2 Å². The van der Waals surface area contributed by atoms with Crippen LogP contribution < -0.4 is 21.3 Å². The van der Waals surface area contributed by atoms with Gasteiger partial charge in [0.25, 0.3) is 11.5 Å². The van der Waals surface area contributed by atoms with Gasteiger partial charge < -0.3 is 15.0 Å². The first-order valence-electron chi connectivity index (χ1n) is 8.59. The molecule has 0 unspecified atom stereocenters. The van der Waals surface area contributed by atoms with E-state index in [9.17, 15) is 14.4 Å². The Kier molecular flexibility index (Phi) is 5.96. The van der Waals surface area contributed by atoms with Gasteiger partial charge in [-0.1, -0.05) is 29.8 Å². The predicted molar refractivity (Wildman–Crippen MR) is 107 cm³/mol. The van der Waals surface area contributed by atoms with E-state index in [1.54, 1.807) is 48.5 Å². The number of benzene rings is 2. The van der Waals surface area contributed by atoms with Crippen LogP contribution in [-0.2, 0) is 6.54 Å². The first-order chi connectivity index (χ1) is 13.5. The van der Waals surface area contributed by atoms with Gasteiger partial charge in [-0.15, -0.1) is 0 Å². The van der Waals surface area contributed by atoms with Gasteiger partial charge in [0.05, 0.1) is 13.2 Å². The second-order valence-electron chi connectivity index (χ2n) is 5.90. The van der Waals surface area contributed by atoms with Crippen molar-refractivity contribution in [2.45, 2.75) is 13.5 Å². The molecule has 28 heavy (non-hydrogen) atoms. The maximum absolute atomic E-state index is 12.7. The molecule has 2 N–H and O–H groups in total. The molecule has 2 aromatic carbocycles. The van der Waals surface area contributed by atoms with Crippen molar-refractivity contribution in [1.29, 1.82) is 0 Å². The van der Waals surface area contributed by atoms with Crippen LogP contribution in [-0.4, -0.2) is 22.1 Å². The number of rotatable bonds is 6. The topological polar surface area (TPSA) is 93.2 Å². The van der Waals surface area contributed by atoms with Crippen molar-refractivity contribution in [3.8, 4) is 5.75 Å². The van der Waals surface area contributed by atoms with E-state index in [1.807, 2.05) is 6.92 Å². The molecule has 7 nitrogen and oxygen atoms in total. The summed E-state index contributed by atoms with van der Waals surface area (Å²) in [6.45, 7) is 2.37. The molecule has 144 valence electrons. The molecule has 1 aromatic heterocycles. The summed E-state index contributed by atoms with van der Waals surface area (Å²) in [4.78, 5) is 39.8. The van der Waals surface area contributed by atoms with E-state index in [0.717, 1.165) is 10.8 Å². The Bertz CT molecular complexity index is 1100. The molecule has 0 aliphatic heterocycles. The number of amides is 1. The van der Waals surface area contributed by atoms with Crippen LogP contribution in [0.15, 0.2) is 64.3 Å². The third kappa shape index (κ3) is 4.32. The highest BCUT2D eigenvalue weighted by Gasteiger charge is 2.16. The zero-order valence-corrected chi connectivity index (χ0v) is 15.8. The van der Waals surface area contributed by atoms with Gasteiger partial charge >= 0.3 is 5.69 Å². The molecule has 0 radical (unpaired) electrons. The second-order valence-corrected chi connectivity index (χ2v) is 6.31. The minimum atomic E-state index is -0.702. The minimum absolute atomic E-state index is 0.0436. The van der Waals surface area contributed by atoms with Crippen molar-refractivity contribution < 1.29 is 9.53 Å². The molecule has 0 bridgehead atoms. The highest BCUT2D eigenvalue weighted by molar-refractivity contribution is 6.31. The quantitative estimate of drug-likeness (QED) is 0.666. The number of carbonyl (C=O) groups excluding carboxylic acids is 1. The van der Waals surface area contributed by atoms with Crippen molar-refractivity contribution in [3.05, 3.63) is 91.7 Å². The molecule has 0 atom stereocenters. The van der Waals surface area contributed by atoms with Crippen LogP contribution in [0.3, 0.4) is 0 Å². The maximum Gasteiger partial charge on any atom is 0.328 e. The van der Waals surface area contributed by atoms with Crippen molar-refractivity contribution in [2.75, 3.05) is 11.9 Å². The second kappa shape index (κ2) is 8.58. The maximum atomic E-state index is 12.7. The fourth-order valence-electron chi connectivity index (χ4n) is 2.61. The van der Waals surface area contributed by atoms with Gasteiger partial charge in [-0.3, -0.25) is 14.2 Å². The van der Waals surface area contributed by atoms with E-state index in [4.69, 9.17) is 16.3 Å². The van der Waals surface area contributed by atoms with Crippen molar-refractivity contribution in [2.24, 2.45) is 0 Å². The Labute approximate surface area is 165 Å². The Hall–Kier alpha value is -3.32. The van der Waals surface area contributed by atoms with Crippen LogP contribution in [0.5, 0.6) is 5.75 Å². The lowest BCUT2D eigenvalue weighted by Crippen LogP contribution is -2.39. The average molecular weight is 400 g/mol. The summed E-state index contributed by atoms with van der Waals surface area (Å²) in [5, 5.41) is 3.06. The van der Waals surface area contributed by atoms with Crippen LogP contribution in [0.4, 0.5) is 5.69 Å². The number of hydrogen-bond acceptors (Lipinski definition) is 4. The van der Waals surface area contributed by atoms with Gasteiger partial charge in [0.15, 0.2) is 0 Å². The summed E-state index contributed by atoms with van der Waals surface area (Å²) in [7, 11) is 0. The zero-order chi connectivity index (χ0) is 20.1. The van der Waals surface area contributed by atoms with Gasteiger partial charge in [-0.05, 0) is 42.8 Å². The molecular formula is C20H18ClN3O4. The summed E-state index contributed by atoms with van der Waals surface area (Å²) >= 11 is 6.11. The fraction of sp³-hybridized carbons (Fsp3) is 0.150. The van der Waals surface area contributed by atoms with E-state index in [0.29, 0.717) is 28.6 Å². The minimum Gasteiger partial charge on any atom is -0.494 e. The molecule has 0 saturated heterocycles. The Morgan fingerprint density at radius 1 is 1.14 bits per heavy atom. The summed E-state index contributed by atoms with van der Waals surface area (Å²) in [6.07, 6.45) is 1.11. The molecule has 0 aliphatic rings. The predicted octanol–water partition coefficient (Wildman–Crippen LogP) is 2.89. The Morgan fingerprint density at radius 2 is 1.86 bits per heavy atom. The average Bonchev–Trinajstić information content (AvgIpc) is 2.68. The summed E-state index contributed by atoms with van der Waals surface area (Å²) in [6, 6.07) is 13.6. The van der Waals surface area contributed by atoms with Gasteiger partial charge in [0.1, 0.15) is 11.3 Å². The van der Waals surface area contributed by atoms with Gasteiger partial charge in [-0.25, -0.2) is 4.79 Å². The van der Waals surface area contributed by atoms with E-state index >= 15 is 0 Å². The molecule has 0 aliphatic carbocycles. The van der Waals surface area contributed by atoms with Crippen molar-refractivity contribution in [3.63, 3.8) is 0 Å². The number of carbonyl (C=O) groups is 1. The lowest BCUT2D eigenvalue weighted by Gasteiger charge is -2.09. The standard InChI is InChI=1S/C20H18ClN3O4/c1-2-28-15-9-7-14(8-10-15)23-18(25)16-11-22-20(27)24(19(16)26)12-13-5-3-4-6-17(13)21/h3-11H,2,12H2,1H3,(H,22,27)(H,23,25). The number of aromatic nitrogens is 2. The van der Waals surface area contributed by atoms with Crippen LogP contribution in [0.1, 0.15) is 22.8 Å². The van der Waals surface area contributed by atoms with E-state index in [1.165, 1.54) is 0 Å². The highest BCUT2D eigenvalue weighted by Crippen LogP contribution is 2.16. The van der Waals surface area contributed by atoms with Gasteiger partial charge in [-0.2, -0.15) is 0 Å². The highest BCUT2D eigenvalue weighted by atomic mass is 35.5. The van der Waals surface area contributed by atoms with E-state index < -0.39 is 17.2 Å². The zero-order valence-electron chi connectivity index (χ0n) is 15.1. The normalized spacial score (nSPS) is 10.5. The SMILES string of the molecule is CCOc1ccc(NC(=O)c2c[nH]c(=O)n(Cc3ccccc3Cl)c2=O)cc1. The molecule has 3 rings (SSSR count).